The average molecular weight is 427 g/mol. The van der Waals surface area contributed by atoms with Crippen LogP contribution in [0.5, 0.6) is 0 Å². The molecule has 0 spiro atoms. The van der Waals surface area contributed by atoms with Gasteiger partial charge in [-0.3, -0.25) is 9.59 Å². The van der Waals surface area contributed by atoms with E-state index in [2.05, 4.69) is 15.5 Å². The molecule has 2 heterocycles. The Kier molecular flexibility index (Phi) is 5.69. The Morgan fingerprint density at radius 1 is 1.17 bits per heavy atom. The Labute approximate surface area is 177 Å². The number of rotatable bonds is 6. The van der Waals surface area contributed by atoms with E-state index in [-0.39, 0.29) is 17.4 Å². The van der Waals surface area contributed by atoms with E-state index >= 15 is 0 Å². The number of aromatic nitrogens is 3. The molecule has 0 atom stereocenters. The molecule has 1 aliphatic rings. The van der Waals surface area contributed by atoms with Crippen molar-refractivity contribution in [3.05, 3.63) is 58.6 Å². The number of nitrogens with one attached hydrogen (secondary N) is 1. The molecule has 29 heavy (non-hydrogen) atoms. The van der Waals surface area contributed by atoms with E-state index in [1.165, 1.54) is 11.8 Å². The van der Waals surface area contributed by atoms with Crippen molar-refractivity contribution in [3.63, 3.8) is 0 Å². The highest BCUT2D eigenvalue weighted by Gasteiger charge is 2.18. The maximum Gasteiger partial charge on any atom is 0.224 e. The molecule has 148 valence electrons. The normalized spacial score (nSPS) is 13.1. The molecule has 2 aromatic carbocycles. The molecule has 1 amide bonds. The molecule has 1 aliphatic heterocycles. The lowest BCUT2D eigenvalue weighted by atomic mass is 9.99. The molecule has 1 aromatic heterocycles. The summed E-state index contributed by atoms with van der Waals surface area (Å²) in [5, 5.41) is 12.8. The second kappa shape index (κ2) is 8.39. The maximum absolute atomic E-state index is 12.7. The number of carbonyl (C=O) groups excluding carboxylic acids is 2. The second-order valence-electron chi connectivity index (χ2n) is 6.69. The summed E-state index contributed by atoms with van der Waals surface area (Å²) in [6, 6.07) is 12.9. The average Bonchev–Trinajstić information content (AvgIpc) is 3.15. The Balaban J connectivity index is 1.48. The van der Waals surface area contributed by atoms with E-state index in [0.29, 0.717) is 35.1 Å². The number of amides is 1. The van der Waals surface area contributed by atoms with Crippen LogP contribution in [-0.2, 0) is 17.8 Å². The van der Waals surface area contributed by atoms with Crippen LogP contribution in [0.2, 0.25) is 5.02 Å². The van der Waals surface area contributed by atoms with E-state index in [4.69, 9.17) is 11.6 Å². The number of carbonyl (C=O) groups is 2. The van der Waals surface area contributed by atoms with Gasteiger partial charge in [-0.15, -0.1) is 10.2 Å². The summed E-state index contributed by atoms with van der Waals surface area (Å²) in [6.07, 6.45) is 1.11. The van der Waals surface area contributed by atoms with Crippen LogP contribution >= 0.6 is 23.4 Å². The van der Waals surface area contributed by atoms with Crippen LogP contribution in [0.3, 0.4) is 0 Å². The van der Waals surface area contributed by atoms with Gasteiger partial charge in [0, 0.05) is 34.8 Å². The molecule has 0 aliphatic carbocycles. The first-order valence-electron chi connectivity index (χ1n) is 9.33. The highest BCUT2D eigenvalue weighted by Crippen LogP contribution is 2.27. The fourth-order valence-corrected chi connectivity index (χ4v) is 4.29. The topological polar surface area (TPSA) is 76.9 Å². The third kappa shape index (κ3) is 4.21. The monoisotopic (exact) mass is 426 g/mol. The van der Waals surface area contributed by atoms with Crippen molar-refractivity contribution in [3.8, 4) is 11.4 Å². The van der Waals surface area contributed by atoms with Crippen LogP contribution in [0.15, 0.2) is 47.6 Å². The lowest BCUT2D eigenvalue weighted by Crippen LogP contribution is -2.19. The van der Waals surface area contributed by atoms with Gasteiger partial charge in [-0.25, -0.2) is 0 Å². The van der Waals surface area contributed by atoms with Gasteiger partial charge in [-0.05, 0) is 61.4 Å². The lowest BCUT2D eigenvalue weighted by Gasteiger charge is -2.17. The Morgan fingerprint density at radius 3 is 2.72 bits per heavy atom. The number of thioether (sulfide) groups is 1. The van der Waals surface area contributed by atoms with E-state index < -0.39 is 0 Å². The van der Waals surface area contributed by atoms with Gasteiger partial charge in [0.15, 0.2) is 16.8 Å². The Morgan fingerprint density at radius 2 is 1.97 bits per heavy atom. The Hall–Kier alpha value is -2.64. The second-order valence-corrected chi connectivity index (χ2v) is 8.07. The first-order valence-corrected chi connectivity index (χ1v) is 10.7. The van der Waals surface area contributed by atoms with Gasteiger partial charge in [0.1, 0.15) is 0 Å². The molecule has 0 saturated heterocycles. The van der Waals surface area contributed by atoms with Gasteiger partial charge in [0.25, 0.3) is 0 Å². The molecule has 6 nitrogen and oxygen atoms in total. The number of fused-ring (bicyclic) bond motifs is 1. The molecule has 0 saturated carbocycles. The number of hydrogen-bond acceptors (Lipinski definition) is 5. The van der Waals surface area contributed by atoms with Crippen LogP contribution in [-0.4, -0.2) is 32.2 Å². The highest BCUT2D eigenvalue weighted by atomic mass is 35.5. The van der Waals surface area contributed by atoms with Gasteiger partial charge in [0.05, 0.1) is 5.75 Å². The number of aryl methyl sites for hydroxylation is 1. The van der Waals surface area contributed by atoms with Gasteiger partial charge in [-0.2, -0.15) is 0 Å². The SMILES string of the molecule is CCn1c(SCC(=O)c2ccc3c(c2)CCC(=O)N3)nnc1-c1ccc(Cl)cc1. The largest absolute Gasteiger partial charge is 0.326 e. The zero-order chi connectivity index (χ0) is 20.4. The number of benzene rings is 2. The van der Waals surface area contributed by atoms with Crippen molar-refractivity contribution in [2.24, 2.45) is 0 Å². The van der Waals surface area contributed by atoms with Gasteiger partial charge in [-0.1, -0.05) is 23.4 Å². The van der Waals surface area contributed by atoms with Crippen LogP contribution < -0.4 is 5.32 Å². The van der Waals surface area contributed by atoms with E-state index in [1.54, 1.807) is 12.1 Å². The number of Topliss-reactive ketones (excluding diaryl/α,β-unsaturated/α-hetero) is 1. The van der Waals surface area contributed by atoms with E-state index in [1.807, 2.05) is 41.8 Å². The van der Waals surface area contributed by atoms with E-state index in [0.717, 1.165) is 22.6 Å². The third-order valence-corrected chi connectivity index (χ3v) is 6.01. The number of anilines is 1. The summed E-state index contributed by atoms with van der Waals surface area (Å²) in [6.45, 7) is 2.71. The fraction of sp³-hybridized carbons (Fsp3) is 0.238. The summed E-state index contributed by atoms with van der Waals surface area (Å²) in [5.74, 6) is 1.06. The highest BCUT2D eigenvalue weighted by molar-refractivity contribution is 7.99. The maximum atomic E-state index is 12.7. The summed E-state index contributed by atoms with van der Waals surface area (Å²) in [4.78, 5) is 24.2. The van der Waals surface area contributed by atoms with Crippen molar-refractivity contribution >= 4 is 40.7 Å². The van der Waals surface area contributed by atoms with Crippen LogP contribution in [0.1, 0.15) is 29.3 Å². The smallest absolute Gasteiger partial charge is 0.224 e. The number of ketones is 1. The van der Waals surface area contributed by atoms with Crippen molar-refractivity contribution in [2.75, 3.05) is 11.1 Å². The zero-order valence-electron chi connectivity index (χ0n) is 15.8. The predicted octanol–water partition coefficient (Wildman–Crippen LogP) is 4.48. The summed E-state index contributed by atoms with van der Waals surface area (Å²) < 4.78 is 1.99. The molecule has 0 unspecified atom stereocenters. The standard InChI is InChI=1S/C21H19ClN4O2S/c1-2-26-20(13-3-7-16(22)8-4-13)24-25-21(26)29-12-18(27)15-5-9-17-14(11-15)6-10-19(28)23-17/h3-5,7-9,11H,2,6,10,12H2,1H3,(H,23,28). The Bertz CT molecular complexity index is 1080. The molecule has 4 rings (SSSR count). The van der Waals surface area contributed by atoms with Crippen molar-refractivity contribution in [1.82, 2.24) is 14.8 Å². The lowest BCUT2D eigenvalue weighted by molar-refractivity contribution is -0.116. The molecule has 0 radical (unpaired) electrons. The molecule has 1 N–H and O–H groups in total. The first kappa shape index (κ1) is 19.7. The minimum atomic E-state index is 0.0162. The molecule has 3 aromatic rings. The number of nitrogens with zero attached hydrogens (tertiary/aromatic N) is 3. The molecule has 0 bridgehead atoms. The molecular formula is C21H19ClN4O2S. The summed E-state index contributed by atoms with van der Waals surface area (Å²) in [5.41, 5.74) is 3.37. The molecule has 0 fully saturated rings. The van der Waals surface area contributed by atoms with Crippen LogP contribution in [0, 0.1) is 0 Å². The minimum Gasteiger partial charge on any atom is -0.326 e. The van der Waals surface area contributed by atoms with Crippen LogP contribution in [0.25, 0.3) is 11.4 Å². The summed E-state index contributed by atoms with van der Waals surface area (Å²) >= 11 is 7.34. The molecule has 8 heteroatoms. The number of halogens is 1. The van der Waals surface area contributed by atoms with Crippen molar-refractivity contribution in [2.45, 2.75) is 31.5 Å². The quantitative estimate of drug-likeness (QED) is 0.464. The van der Waals surface area contributed by atoms with Gasteiger partial charge >= 0.3 is 0 Å². The first-order chi connectivity index (χ1) is 14.0. The van der Waals surface area contributed by atoms with Gasteiger partial charge in [0.2, 0.25) is 5.91 Å². The number of hydrogen-bond donors (Lipinski definition) is 1. The zero-order valence-corrected chi connectivity index (χ0v) is 17.4. The fourth-order valence-electron chi connectivity index (χ4n) is 3.26. The minimum absolute atomic E-state index is 0.0162. The van der Waals surface area contributed by atoms with Crippen LogP contribution in [0.4, 0.5) is 5.69 Å². The van der Waals surface area contributed by atoms with Crippen molar-refractivity contribution in [1.29, 1.82) is 0 Å². The summed E-state index contributed by atoms with van der Waals surface area (Å²) in [7, 11) is 0. The molecular weight excluding hydrogens is 408 g/mol. The van der Waals surface area contributed by atoms with Gasteiger partial charge < -0.3 is 9.88 Å². The predicted molar refractivity (Wildman–Crippen MR) is 115 cm³/mol. The van der Waals surface area contributed by atoms with Crippen molar-refractivity contribution < 1.29 is 9.59 Å². The third-order valence-electron chi connectivity index (χ3n) is 4.79. The van der Waals surface area contributed by atoms with E-state index in [9.17, 15) is 9.59 Å².